The van der Waals surface area contributed by atoms with Gasteiger partial charge in [-0.2, -0.15) is 0 Å². The van der Waals surface area contributed by atoms with Crippen LogP contribution in [0.4, 0.5) is 4.79 Å². The van der Waals surface area contributed by atoms with E-state index in [-0.39, 0.29) is 0 Å². The average Bonchev–Trinajstić information content (AvgIpc) is 2.83. The molecule has 0 fully saturated rings. The maximum atomic E-state index is 11.9. The van der Waals surface area contributed by atoms with Gasteiger partial charge in [-0.1, -0.05) is 6.58 Å². The smallest absolute Gasteiger partial charge is 0.408 e. The van der Waals surface area contributed by atoms with Crippen LogP contribution in [-0.4, -0.2) is 30.8 Å². The minimum absolute atomic E-state index is 0.351. The van der Waals surface area contributed by atoms with E-state index in [9.17, 15) is 9.59 Å². The number of carbonyl (C=O) groups is 2. The summed E-state index contributed by atoms with van der Waals surface area (Å²) < 4.78 is 9.92. The number of allylic oxidation sites excluding steroid dienone is 1. The topological polar surface area (TPSA) is 64.6 Å². The Balaban J connectivity index is 2.78. The largest absolute Gasteiger partial charge is 0.467 e. The first-order valence-electron chi connectivity index (χ1n) is 6.94. The third kappa shape index (κ3) is 5.89. The molecule has 6 heteroatoms. The minimum atomic E-state index is -0.781. The van der Waals surface area contributed by atoms with Gasteiger partial charge in [0.25, 0.3) is 0 Å². The number of alkyl carbamates (subject to hydrolysis) is 1. The van der Waals surface area contributed by atoms with Crippen molar-refractivity contribution in [2.45, 2.75) is 45.8 Å². The zero-order valence-corrected chi connectivity index (χ0v) is 14.5. The van der Waals surface area contributed by atoms with Crippen LogP contribution in [0.25, 0.3) is 5.57 Å². The molecule has 22 heavy (non-hydrogen) atoms. The zero-order valence-electron chi connectivity index (χ0n) is 13.7. The molecule has 1 heterocycles. The number of ether oxygens (including phenoxy) is 2. The van der Waals surface area contributed by atoms with Gasteiger partial charge in [0.05, 0.1) is 7.11 Å². The second-order valence-electron chi connectivity index (χ2n) is 5.97. The van der Waals surface area contributed by atoms with Gasteiger partial charge in [0.15, 0.2) is 0 Å². The fraction of sp³-hybridized carbons (Fsp3) is 0.500. The molecule has 0 aliphatic rings. The second kappa shape index (κ2) is 7.45. The van der Waals surface area contributed by atoms with Crippen molar-refractivity contribution in [3.63, 3.8) is 0 Å². The van der Waals surface area contributed by atoms with Gasteiger partial charge in [-0.05, 0) is 45.4 Å². The quantitative estimate of drug-likeness (QED) is 0.843. The summed E-state index contributed by atoms with van der Waals surface area (Å²) in [4.78, 5) is 25.7. The van der Waals surface area contributed by atoms with E-state index in [2.05, 4.69) is 11.9 Å². The Morgan fingerprint density at radius 2 is 2.00 bits per heavy atom. The number of esters is 1. The van der Waals surface area contributed by atoms with Crippen molar-refractivity contribution in [1.82, 2.24) is 5.32 Å². The van der Waals surface area contributed by atoms with Crippen LogP contribution in [-0.2, 0) is 20.7 Å². The van der Waals surface area contributed by atoms with E-state index >= 15 is 0 Å². The molecular formula is C16H23NO4S. The van der Waals surface area contributed by atoms with Crippen molar-refractivity contribution < 1.29 is 19.1 Å². The van der Waals surface area contributed by atoms with Gasteiger partial charge in [0, 0.05) is 16.2 Å². The predicted molar refractivity (Wildman–Crippen MR) is 87.9 cm³/mol. The molecule has 1 N–H and O–H groups in total. The van der Waals surface area contributed by atoms with Crippen molar-refractivity contribution in [3.05, 3.63) is 28.5 Å². The molecule has 0 radical (unpaired) electrons. The number of methoxy groups -OCH3 is 1. The van der Waals surface area contributed by atoms with E-state index in [0.29, 0.717) is 6.42 Å². The molecule has 0 aromatic carbocycles. The highest BCUT2D eigenvalue weighted by Gasteiger charge is 2.25. The van der Waals surface area contributed by atoms with Gasteiger partial charge < -0.3 is 14.8 Å². The first-order chi connectivity index (χ1) is 10.1. The molecule has 0 saturated heterocycles. The van der Waals surface area contributed by atoms with Crippen LogP contribution in [0.5, 0.6) is 0 Å². The van der Waals surface area contributed by atoms with E-state index in [1.807, 2.05) is 19.1 Å². The molecule has 1 amide bonds. The highest BCUT2D eigenvalue weighted by molar-refractivity contribution is 7.13. The zero-order chi connectivity index (χ0) is 16.9. The van der Waals surface area contributed by atoms with Crippen molar-refractivity contribution in [2.24, 2.45) is 0 Å². The lowest BCUT2D eigenvalue weighted by Gasteiger charge is -2.22. The number of rotatable bonds is 5. The summed E-state index contributed by atoms with van der Waals surface area (Å²) in [6.07, 6.45) is -0.288. The van der Waals surface area contributed by atoms with E-state index in [4.69, 9.17) is 9.47 Å². The number of hydrogen-bond acceptors (Lipinski definition) is 5. The minimum Gasteiger partial charge on any atom is -0.467 e. The Hall–Kier alpha value is -1.82. The predicted octanol–water partition coefficient (Wildman–Crippen LogP) is 3.39. The Labute approximate surface area is 135 Å². The number of thiophene rings is 1. The summed E-state index contributed by atoms with van der Waals surface area (Å²) in [7, 11) is 1.29. The molecule has 0 spiro atoms. The summed E-state index contributed by atoms with van der Waals surface area (Å²) in [5.74, 6) is -0.504. The third-order valence-electron chi connectivity index (χ3n) is 2.66. The van der Waals surface area contributed by atoms with Crippen molar-refractivity contribution >= 4 is 29.0 Å². The molecule has 0 aliphatic carbocycles. The van der Waals surface area contributed by atoms with Gasteiger partial charge in [-0.15, -0.1) is 11.3 Å². The molecule has 0 saturated carbocycles. The second-order valence-corrected chi connectivity index (χ2v) is 7.14. The molecule has 5 nitrogen and oxygen atoms in total. The fourth-order valence-electron chi connectivity index (χ4n) is 1.70. The summed E-state index contributed by atoms with van der Waals surface area (Å²) in [5, 5.41) is 2.56. The number of amides is 1. The summed E-state index contributed by atoms with van der Waals surface area (Å²) in [5.41, 5.74) is 0.340. The lowest BCUT2D eigenvalue weighted by atomic mass is 10.2. The Kier molecular flexibility index (Phi) is 6.17. The molecule has 1 aromatic rings. The molecule has 0 bridgehead atoms. The van der Waals surface area contributed by atoms with Crippen LogP contribution in [0.15, 0.2) is 18.7 Å². The molecular weight excluding hydrogens is 302 g/mol. The highest BCUT2D eigenvalue weighted by Crippen LogP contribution is 2.24. The lowest BCUT2D eigenvalue weighted by molar-refractivity contribution is -0.143. The molecule has 0 aliphatic heterocycles. The molecule has 1 aromatic heterocycles. The standard InChI is InChI=1S/C16H23NO4S/c1-10(2)13-8-7-11(22-13)9-12(14(18)20-6)17-15(19)21-16(3,4)5/h7-8,12H,1,9H2,2-6H3,(H,17,19)/t12-/m1/s1. The molecule has 1 rings (SSSR count). The van der Waals surface area contributed by atoms with Crippen LogP contribution < -0.4 is 5.32 Å². The summed E-state index contributed by atoms with van der Waals surface area (Å²) in [6.45, 7) is 11.1. The van der Waals surface area contributed by atoms with E-state index in [0.717, 1.165) is 15.3 Å². The van der Waals surface area contributed by atoms with Gasteiger partial charge in [0.2, 0.25) is 0 Å². The number of nitrogens with one attached hydrogen (secondary N) is 1. The van der Waals surface area contributed by atoms with Gasteiger partial charge in [-0.3, -0.25) is 0 Å². The van der Waals surface area contributed by atoms with Crippen LogP contribution in [0.2, 0.25) is 0 Å². The first kappa shape index (κ1) is 18.2. The normalized spacial score (nSPS) is 12.4. The monoisotopic (exact) mass is 325 g/mol. The Morgan fingerprint density at radius 3 is 2.45 bits per heavy atom. The molecule has 0 unspecified atom stereocenters. The van der Waals surface area contributed by atoms with Crippen LogP contribution in [0.3, 0.4) is 0 Å². The first-order valence-corrected chi connectivity index (χ1v) is 7.76. The summed E-state index contributed by atoms with van der Waals surface area (Å²) in [6, 6.07) is 3.09. The Bertz CT molecular complexity index is 557. The van der Waals surface area contributed by atoms with Crippen molar-refractivity contribution in [2.75, 3.05) is 7.11 Å². The number of hydrogen-bond donors (Lipinski definition) is 1. The Morgan fingerprint density at radius 1 is 1.36 bits per heavy atom. The van der Waals surface area contributed by atoms with Gasteiger partial charge >= 0.3 is 12.1 Å². The van der Waals surface area contributed by atoms with Crippen molar-refractivity contribution in [1.29, 1.82) is 0 Å². The van der Waals surface area contributed by atoms with E-state index in [1.54, 1.807) is 20.8 Å². The SMILES string of the molecule is C=C(C)c1ccc(C[C@@H](NC(=O)OC(C)(C)C)C(=O)OC)s1. The maximum absolute atomic E-state index is 11.9. The third-order valence-corrected chi connectivity index (χ3v) is 3.93. The van der Waals surface area contributed by atoms with Gasteiger partial charge in [0.1, 0.15) is 11.6 Å². The van der Waals surface area contributed by atoms with Crippen LogP contribution in [0.1, 0.15) is 37.4 Å². The highest BCUT2D eigenvalue weighted by atomic mass is 32.1. The summed E-state index contributed by atoms with van der Waals surface area (Å²) >= 11 is 1.54. The maximum Gasteiger partial charge on any atom is 0.408 e. The van der Waals surface area contributed by atoms with E-state index < -0.39 is 23.7 Å². The van der Waals surface area contributed by atoms with Gasteiger partial charge in [-0.25, -0.2) is 9.59 Å². The van der Waals surface area contributed by atoms with Crippen LogP contribution >= 0.6 is 11.3 Å². The van der Waals surface area contributed by atoms with E-state index in [1.165, 1.54) is 18.4 Å². The van der Waals surface area contributed by atoms with Crippen molar-refractivity contribution in [3.8, 4) is 0 Å². The number of carbonyl (C=O) groups excluding carboxylic acids is 2. The molecule has 122 valence electrons. The van der Waals surface area contributed by atoms with Crippen LogP contribution in [0, 0.1) is 0 Å². The fourth-order valence-corrected chi connectivity index (χ4v) is 2.68. The lowest BCUT2D eigenvalue weighted by Crippen LogP contribution is -2.45. The molecule has 1 atom stereocenters. The average molecular weight is 325 g/mol.